The molecular weight excluding hydrogens is 394 g/mol. The molecule has 0 radical (unpaired) electrons. The van der Waals surface area contributed by atoms with Gasteiger partial charge in [0.25, 0.3) is 17.4 Å². The van der Waals surface area contributed by atoms with Crippen molar-refractivity contribution in [2.45, 2.75) is 19.3 Å². The van der Waals surface area contributed by atoms with Crippen LogP contribution >= 0.6 is 0 Å². The van der Waals surface area contributed by atoms with Gasteiger partial charge in [-0.25, -0.2) is 4.57 Å². The zero-order valence-electron chi connectivity index (χ0n) is 15.9. The van der Waals surface area contributed by atoms with E-state index in [0.29, 0.717) is 10.5 Å². The Kier molecular flexibility index (Phi) is 6.05. The number of amides is 2. The fraction of sp³-hybridized carbons (Fsp3) is 0.300. The average molecular weight is 415 g/mol. The van der Waals surface area contributed by atoms with Gasteiger partial charge in [0, 0.05) is 6.54 Å². The lowest BCUT2D eigenvalue weighted by Crippen LogP contribution is -2.36. The van der Waals surface area contributed by atoms with Gasteiger partial charge in [-0.3, -0.25) is 19.2 Å². The van der Waals surface area contributed by atoms with E-state index >= 15 is 0 Å². The molecule has 10 heteroatoms. The number of aliphatic carboxylic acids is 1. The molecule has 10 nitrogen and oxygen atoms in total. The second kappa shape index (κ2) is 8.68. The molecular formula is C20H21N3O7. The Bertz CT molecular complexity index is 1040. The number of carbonyl (C=O) groups is 3. The number of carboxylic acid groups (broad SMARTS) is 1. The summed E-state index contributed by atoms with van der Waals surface area (Å²) in [6.45, 7) is -0.500. The summed E-state index contributed by atoms with van der Waals surface area (Å²) in [7, 11) is 0. The number of carboxylic acids is 1. The number of hydrogen-bond donors (Lipinski definition) is 5. The Balaban J connectivity index is 2.08. The van der Waals surface area contributed by atoms with Crippen molar-refractivity contribution in [1.29, 1.82) is 0 Å². The van der Waals surface area contributed by atoms with Crippen molar-refractivity contribution >= 4 is 17.8 Å². The van der Waals surface area contributed by atoms with Gasteiger partial charge >= 0.3 is 5.97 Å². The van der Waals surface area contributed by atoms with Gasteiger partial charge in [-0.1, -0.05) is 31.0 Å². The van der Waals surface area contributed by atoms with E-state index in [-0.39, 0.29) is 12.2 Å². The number of nitrogens with zero attached hydrogens (tertiary/aromatic N) is 1. The lowest BCUT2D eigenvalue weighted by molar-refractivity contribution is -0.135. The highest BCUT2D eigenvalue weighted by Crippen LogP contribution is 2.32. The maximum Gasteiger partial charge on any atom is 0.322 e. The zero-order chi connectivity index (χ0) is 21.8. The second-order valence-electron chi connectivity index (χ2n) is 6.96. The third-order valence-corrected chi connectivity index (χ3v) is 4.73. The van der Waals surface area contributed by atoms with Gasteiger partial charge in [-0.05, 0) is 24.5 Å². The highest BCUT2D eigenvalue weighted by molar-refractivity contribution is 6.05. The molecule has 0 aliphatic heterocycles. The number of benzene rings is 1. The van der Waals surface area contributed by atoms with Gasteiger partial charge in [0.05, 0.1) is 5.69 Å². The lowest BCUT2D eigenvalue weighted by Gasteiger charge is -2.16. The summed E-state index contributed by atoms with van der Waals surface area (Å²) in [6.07, 6.45) is 2.88. The number of pyridine rings is 1. The first-order valence-electron chi connectivity index (χ1n) is 9.35. The molecule has 158 valence electrons. The van der Waals surface area contributed by atoms with Crippen LogP contribution in [0.25, 0.3) is 5.69 Å². The van der Waals surface area contributed by atoms with Gasteiger partial charge in [-0.15, -0.1) is 0 Å². The first kappa shape index (κ1) is 20.9. The predicted octanol–water partition coefficient (Wildman–Crippen LogP) is 0.593. The molecule has 0 saturated heterocycles. The number of rotatable bonds is 8. The Morgan fingerprint density at radius 2 is 1.63 bits per heavy atom. The summed E-state index contributed by atoms with van der Waals surface area (Å²) < 4.78 is 0.713. The maximum atomic E-state index is 13.0. The Hall–Kier alpha value is -3.82. The molecule has 1 aliphatic rings. The van der Waals surface area contributed by atoms with Gasteiger partial charge in [0.2, 0.25) is 5.88 Å². The molecule has 1 fully saturated rings. The second-order valence-corrected chi connectivity index (χ2v) is 6.96. The van der Waals surface area contributed by atoms with Crippen LogP contribution in [0.1, 0.15) is 40.0 Å². The Labute approximate surface area is 170 Å². The molecule has 1 saturated carbocycles. The van der Waals surface area contributed by atoms with Crippen LogP contribution in [0.3, 0.4) is 0 Å². The van der Waals surface area contributed by atoms with Crippen LogP contribution in [-0.2, 0) is 4.79 Å². The standard InChI is InChI=1S/C20H21N3O7/c24-13(25)10-22-18(28)15-16(26)14(17(27)21-9-8-11-6-7-11)19(29)23(20(15)30)12-4-2-1-3-5-12/h1-5,11,26,30H,6-10H2,(H,21,27)(H,22,28)(H,24,25). The number of carbonyl (C=O) groups excluding carboxylic acids is 2. The maximum absolute atomic E-state index is 13.0. The Morgan fingerprint density at radius 1 is 1.00 bits per heavy atom. The minimum Gasteiger partial charge on any atom is -0.506 e. The van der Waals surface area contributed by atoms with E-state index < -0.39 is 52.6 Å². The first-order chi connectivity index (χ1) is 14.3. The number of aromatic hydroxyl groups is 2. The SMILES string of the molecule is O=C(O)CNC(=O)c1c(O)c(C(=O)NCCC2CC2)c(=O)n(-c2ccccc2)c1O. The summed E-state index contributed by atoms with van der Waals surface area (Å²) in [5.74, 6) is -4.80. The summed E-state index contributed by atoms with van der Waals surface area (Å²) in [6, 6.07) is 7.75. The van der Waals surface area contributed by atoms with Gasteiger partial charge in [-0.2, -0.15) is 0 Å². The number of hydrogen-bond acceptors (Lipinski definition) is 6. The van der Waals surface area contributed by atoms with Crippen molar-refractivity contribution in [2.75, 3.05) is 13.1 Å². The van der Waals surface area contributed by atoms with Crippen molar-refractivity contribution in [3.63, 3.8) is 0 Å². The summed E-state index contributed by atoms with van der Waals surface area (Å²) in [5, 5.41) is 34.4. The highest BCUT2D eigenvalue weighted by atomic mass is 16.4. The molecule has 30 heavy (non-hydrogen) atoms. The molecule has 1 aliphatic carbocycles. The van der Waals surface area contributed by atoms with E-state index in [9.17, 15) is 29.4 Å². The molecule has 0 atom stereocenters. The summed E-state index contributed by atoms with van der Waals surface area (Å²) >= 11 is 0. The van der Waals surface area contributed by atoms with E-state index in [1.807, 2.05) is 5.32 Å². The van der Waals surface area contributed by atoms with Crippen LogP contribution in [0.15, 0.2) is 35.1 Å². The normalized spacial score (nSPS) is 12.9. The fourth-order valence-electron chi connectivity index (χ4n) is 3.01. The van der Waals surface area contributed by atoms with Crippen molar-refractivity contribution in [3.8, 4) is 17.3 Å². The van der Waals surface area contributed by atoms with Crippen LogP contribution in [0, 0.1) is 5.92 Å². The minimum atomic E-state index is -1.35. The van der Waals surface area contributed by atoms with E-state index in [4.69, 9.17) is 5.11 Å². The summed E-state index contributed by atoms with van der Waals surface area (Å²) in [4.78, 5) is 48.8. The summed E-state index contributed by atoms with van der Waals surface area (Å²) in [5.41, 5.74) is -2.35. The third-order valence-electron chi connectivity index (χ3n) is 4.73. The van der Waals surface area contributed by atoms with Crippen molar-refractivity contribution in [1.82, 2.24) is 15.2 Å². The van der Waals surface area contributed by atoms with Gasteiger partial charge in [0.1, 0.15) is 17.7 Å². The van der Waals surface area contributed by atoms with Gasteiger partial charge in [0.15, 0.2) is 5.75 Å². The molecule has 3 rings (SSSR count). The highest BCUT2D eigenvalue weighted by Gasteiger charge is 2.30. The predicted molar refractivity (Wildman–Crippen MR) is 105 cm³/mol. The molecule has 5 N–H and O–H groups in total. The minimum absolute atomic E-state index is 0.152. The largest absolute Gasteiger partial charge is 0.506 e. The first-order valence-corrected chi connectivity index (χ1v) is 9.35. The van der Waals surface area contributed by atoms with Crippen LogP contribution in [0.4, 0.5) is 0 Å². The van der Waals surface area contributed by atoms with Gasteiger partial charge < -0.3 is 26.0 Å². The average Bonchev–Trinajstić information content (AvgIpc) is 3.51. The van der Waals surface area contributed by atoms with E-state index in [1.54, 1.807) is 18.2 Å². The van der Waals surface area contributed by atoms with Crippen LogP contribution in [0.2, 0.25) is 0 Å². The topological polar surface area (TPSA) is 158 Å². The van der Waals surface area contributed by atoms with Crippen molar-refractivity contribution in [3.05, 3.63) is 51.8 Å². The molecule has 0 unspecified atom stereocenters. The molecule has 2 amide bonds. The van der Waals surface area contributed by atoms with Crippen LogP contribution in [-0.4, -0.2) is 50.8 Å². The number of para-hydroxylation sites is 1. The van der Waals surface area contributed by atoms with E-state index in [1.165, 1.54) is 12.1 Å². The van der Waals surface area contributed by atoms with Crippen LogP contribution < -0.4 is 16.2 Å². The molecule has 0 spiro atoms. The third kappa shape index (κ3) is 4.43. The number of nitrogens with one attached hydrogen (secondary N) is 2. The van der Waals surface area contributed by atoms with E-state index in [2.05, 4.69) is 5.32 Å². The van der Waals surface area contributed by atoms with Crippen molar-refractivity contribution < 1.29 is 29.7 Å². The molecule has 1 heterocycles. The molecule has 1 aromatic carbocycles. The fourth-order valence-corrected chi connectivity index (χ4v) is 3.01. The lowest BCUT2D eigenvalue weighted by atomic mass is 10.1. The molecule has 2 aromatic rings. The smallest absolute Gasteiger partial charge is 0.322 e. The molecule has 0 bridgehead atoms. The quantitative estimate of drug-likeness (QED) is 0.422. The Morgan fingerprint density at radius 3 is 2.23 bits per heavy atom. The number of aromatic nitrogens is 1. The molecule has 1 aromatic heterocycles. The van der Waals surface area contributed by atoms with E-state index in [0.717, 1.165) is 19.3 Å². The monoisotopic (exact) mass is 415 g/mol. The zero-order valence-corrected chi connectivity index (χ0v) is 15.9. The van der Waals surface area contributed by atoms with Crippen LogP contribution in [0.5, 0.6) is 11.6 Å². The van der Waals surface area contributed by atoms with Crippen molar-refractivity contribution in [2.24, 2.45) is 5.92 Å².